The zero-order chi connectivity index (χ0) is 13.9. The average Bonchev–Trinajstić information content (AvgIpc) is 2.49. The van der Waals surface area contributed by atoms with Gasteiger partial charge in [0.2, 0.25) is 0 Å². The lowest BCUT2D eigenvalue weighted by atomic mass is 10.1. The van der Waals surface area contributed by atoms with Gasteiger partial charge in [-0.25, -0.2) is 0 Å². The molecule has 2 aromatic rings. The molecule has 0 fully saturated rings. The molecular weight excluding hydrogens is 254 g/mol. The number of hydrogen-bond acceptors (Lipinski definition) is 4. The van der Waals surface area contributed by atoms with Gasteiger partial charge in [-0.05, 0) is 48.9 Å². The van der Waals surface area contributed by atoms with E-state index in [-0.39, 0.29) is 11.8 Å². The zero-order valence-electron chi connectivity index (χ0n) is 11.3. The van der Waals surface area contributed by atoms with Crippen LogP contribution in [0.15, 0.2) is 42.5 Å². The second-order valence-corrected chi connectivity index (χ2v) is 4.82. The van der Waals surface area contributed by atoms with E-state index >= 15 is 0 Å². The number of nitrogens with one attached hydrogen (secondary N) is 1. The quantitative estimate of drug-likeness (QED) is 0.841. The van der Waals surface area contributed by atoms with Gasteiger partial charge in [0.1, 0.15) is 19.0 Å². The first kappa shape index (κ1) is 12.7. The molecule has 20 heavy (non-hydrogen) atoms. The molecule has 4 heteroatoms. The maximum absolute atomic E-state index is 9.28. The Labute approximate surface area is 118 Å². The van der Waals surface area contributed by atoms with Crippen molar-refractivity contribution in [1.29, 1.82) is 0 Å². The van der Waals surface area contributed by atoms with Crippen LogP contribution in [0.3, 0.4) is 0 Å². The molecule has 0 bridgehead atoms. The minimum Gasteiger partial charge on any atom is -0.508 e. The van der Waals surface area contributed by atoms with Gasteiger partial charge in [0.05, 0.1) is 0 Å². The Kier molecular flexibility index (Phi) is 3.37. The summed E-state index contributed by atoms with van der Waals surface area (Å²) in [7, 11) is 0. The number of hydrogen-bond donors (Lipinski definition) is 2. The number of ether oxygens (including phenoxy) is 2. The minimum absolute atomic E-state index is 0.135. The number of benzene rings is 2. The number of fused-ring (bicyclic) bond motifs is 1. The number of phenolic OH excluding ortho intramolecular Hbond substituents is 1. The van der Waals surface area contributed by atoms with Crippen LogP contribution in [-0.2, 0) is 0 Å². The number of anilines is 1. The summed E-state index contributed by atoms with van der Waals surface area (Å²) in [5.41, 5.74) is 2.09. The Morgan fingerprint density at radius 3 is 2.45 bits per heavy atom. The maximum atomic E-state index is 9.28. The fourth-order valence-electron chi connectivity index (χ4n) is 2.22. The van der Waals surface area contributed by atoms with Gasteiger partial charge in [0.25, 0.3) is 0 Å². The molecule has 1 aliphatic rings. The lowest BCUT2D eigenvalue weighted by Gasteiger charge is -2.21. The lowest BCUT2D eigenvalue weighted by Crippen LogP contribution is -2.16. The van der Waals surface area contributed by atoms with Crippen LogP contribution in [0.1, 0.15) is 18.5 Å². The van der Waals surface area contributed by atoms with E-state index in [1.54, 1.807) is 12.1 Å². The summed E-state index contributed by atoms with van der Waals surface area (Å²) in [6.07, 6.45) is 0. The third kappa shape index (κ3) is 2.64. The molecule has 2 N–H and O–H groups in total. The Balaban J connectivity index is 1.76. The van der Waals surface area contributed by atoms with E-state index in [9.17, 15) is 5.11 Å². The van der Waals surface area contributed by atoms with Crippen molar-refractivity contribution in [3.63, 3.8) is 0 Å². The molecule has 1 aliphatic heterocycles. The van der Waals surface area contributed by atoms with Crippen LogP contribution in [-0.4, -0.2) is 18.3 Å². The molecule has 1 unspecified atom stereocenters. The smallest absolute Gasteiger partial charge is 0.161 e. The predicted molar refractivity (Wildman–Crippen MR) is 77.6 cm³/mol. The number of aromatic hydroxyl groups is 1. The highest BCUT2D eigenvalue weighted by atomic mass is 16.6. The first-order valence-corrected chi connectivity index (χ1v) is 6.67. The third-order valence-electron chi connectivity index (χ3n) is 3.32. The second kappa shape index (κ2) is 5.33. The molecule has 2 aromatic carbocycles. The van der Waals surface area contributed by atoms with E-state index in [1.807, 2.05) is 30.3 Å². The number of phenols is 1. The molecule has 0 radical (unpaired) electrons. The van der Waals surface area contributed by atoms with E-state index in [4.69, 9.17) is 9.47 Å². The third-order valence-corrected chi connectivity index (χ3v) is 3.32. The molecule has 1 heterocycles. The molecule has 104 valence electrons. The summed E-state index contributed by atoms with van der Waals surface area (Å²) in [5, 5.41) is 12.7. The van der Waals surface area contributed by atoms with Gasteiger partial charge in [-0.3, -0.25) is 0 Å². The molecule has 1 atom stereocenters. The average molecular weight is 271 g/mol. The predicted octanol–water partition coefficient (Wildman–Crippen LogP) is 3.34. The summed E-state index contributed by atoms with van der Waals surface area (Å²) >= 11 is 0. The topological polar surface area (TPSA) is 50.7 Å². The van der Waals surface area contributed by atoms with Crippen LogP contribution in [0.5, 0.6) is 17.2 Å². The zero-order valence-corrected chi connectivity index (χ0v) is 11.3. The summed E-state index contributed by atoms with van der Waals surface area (Å²) in [4.78, 5) is 0. The van der Waals surface area contributed by atoms with Gasteiger partial charge in [-0.1, -0.05) is 6.07 Å². The summed E-state index contributed by atoms with van der Waals surface area (Å²) < 4.78 is 11.1. The Bertz CT molecular complexity index is 595. The molecular formula is C16H17NO3. The molecule has 0 saturated heterocycles. The molecule has 0 amide bonds. The monoisotopic (exact) mass is 271 g/mol. The van der Waals surface area contributed by atoms with Crippen molar-refractivity contribution in [2.75, 3.05) is 18.5 Å². The summed E-state index contributed by atoms with van der Waals surface area (Å²) in [5.74, 6) is 1.87. The van der Waals surface area contributed by atoms with Gasteiger partial charge >= 0.3 is 0 Å². The standard InChI is InChI=1S/C16H17NO3/c1-11(17-13-3-5-14(18)6-4-13)12-2-7-15-16(10-12)20-9-8-19-15/h2-7,10-11,17-18H,8-9H2,1H3. The van der Waals surface area contributed by atoms with Crippen molar-refractivity contribution in [3.05, 3.63) is 48.0 Å². The van der Waals surface area contributed by atoms with Crippen molar-refractivity contribution in [2.24, 2.45) is 0 Å². The van der Waals surface area contributed by atoms with E-state index < -0.39 is 0 Å². The summed E-state index contributed by atoms with van der Waals surface area (Å²) in [6, 6.07) is 13.2. The Morgan fingerprint density at radius 2 is 1.70 bits per heavy atom. The molecule has 0 spiro atoms. The van der Waals surface area contributed by atoms with Crippen molar-refractivity contribution in [1.82, 2.24) is 0 Å². The molecule has 0 saturated carbocycles. The van der Waals surface area contributed by atoms with Gasteiger partial charge in [-0.2, -0.15) is 0 Å². The van der Waals surface area contributed by atoms with Crippen LogP contribution >= 0.6 is 0 Å². The van der Waals surface area contributed by atoms with Crippen molar-refractivity contribution >= 4 is 5.69 Å². The summed E-state index contributed by atoms with van der Waals surface area (Å²) in [6.45, 7) is 3.28. The van der Waals surface area contributed by atoms with Crippen LogP contribution in [0.4, 0.5) is 5.69 Å². The van der Waals surface area contributed by atoms with Crippen molar-refractivity contribution in [2.45, 2.75) is 13.0 Å². The molecule has 3 rings (SSSR count). The molecule has 0 aromatic heterocycles. The number of rotatable bonds is 3. The minimum atomic E-state index is 0.135. The Morgan fingerprint density at radius 1 is 1.00 bits per heavy atom. The van der Waals surface area contributed by atoms with E-state index in [1.165, 1.54) is 0 Å². The SMILES string of the molecule is CC(Nc1ccc(O)cc1)c1ccc2c(c1)OCCO2. The first-order valence-electron chi connectivity index (χ1n) is 6.67. The van der Waals surface area contributed by atoms with E-state index in [0.29, 0.717) is 13.2 Å². The van der Waals surface area contributed by atoms with E-state index in [0.717, 1.165) is 22.7 Å². The second-order valence-electron chi connectivity index (χ2n) is 4.82. The Hall–Kier alpha value is -2.36. The molecule has 0 aliphatic carbocycles. The van der Waals surface area contributed by atoms with Crippen LogP contribution in [0.25, 0.3) is 0 Å². The first-order chi connectivity index (χ1) is 9.72. The molecule has 4 nitrogen and oxygen atoms in total. The fraction of sp³-hybridized carbons (Fsp3) is 0.250. The van der Waals surface area contributed by atoms with Crippen LogP contribution in [0, 0.1) is 0 Å². The fourth-order valence-corrected chi connectivity index (χ4v) is 2.22. The lowest BCUT2D eigenvalue weighted by molar-refractivity contribution is 0.171. The van der Waals surface area contributed by atoms with Gasteiger partial charge < -0.3 is 19.9 Å². The van der Waals surface area contributed by atoms with Crippen LogP contribution < -0.4 is 14.8 Å². The van der Waals surface area contributed by atoms with E-state index in [2.05, 4.69) is 12.2 Å². The van der Waals surface area contributed by atoms with Gasteiger partial charge in [-0.15, -0.1) is 0 Å². The highest BCUT2D eigenvalue weighted by Crippen LogP contribution is 2.33. The van der Waals surface area contributed by atoms with Gasteiger partial charge in [0.15, 0.2) is 11.5 Å². The van der Waals surface area contributed by atoms with Gasteiger partial charge in [0, 0.05) is 11.7 Å². The van der Waals surface area contributed by atoms with Crippen molar-refractivity contribution < 1.29 is 14.6 Å². The highest BCUT2D eigenvalue weighted by Gasteiger charge is 2.14. The largest absolute Gasteiger partial charge is 0.508 e. The maximum Gasteiger partial charge on any atom is 0.161 e. The van der Waals surface area contributed by atoms with Crippen molar-refractivity contribution in [3.8, 4) is 17.2 Å². The normalized spacial score (nSPS) is 14.7. The highest BCUT2D eigenvalue weighted by molar-refractivity contribution is 5.50. The van der Waals surface area contributed by atoms with Crippen LogP contribution in [0.2, 0.25) is 0 Å².